The van der Waals surface area contributed by atoms with Crippen molar-refractivity contribution in [2.45, 2.75) is 19.6 Å². The van der Waals surface area contributed by atoms with Crippen LogP contribution in [0, 0.1) is 0 Å². The number of amides is 2. The Morgan fingerprint density at radius 1 is 0.857 bits per heavy atom. The van der Waals surface area contributed by atoms with Crippen LogP contribution in [-0.2, 0) is 19.6 Å². The van der Waals surface area contributed by atoms with Crippen LogP contribution in [0.2, 0.25) is 0 Å². The van der Waals surface area contributed by atoms with Crippen LogP contribution < -0.4 is 19.7 Å². The van der Waals surface area contributed by atoms with E-state index in [1.807, 2.05) is 89.5 Å². The van der Waals surface area contributed by atoms with Crippen molar-refractivity contribution in [2.75, 3.05) is 19.1 Å². The average molecular weight is 559 g/mol. The lowest BCUT2D eigenvalue weighted by Gasteiger charge is -2.23. The zero-order valence-corrected chi connectivity index (χ0v) is 23.4. The maximum absolute atomic E-state index is 14.1. The lowest BCUT2D eigenvalue weighted by Crippen LogP contribution is -2.30. The molecule has 6 rings (SSSR count). The molecule has 0 radical (unpaired) electrons. The summed E-state index contributed by atoms with van der Waals surface area (Å²) in [5.41, 5.74) is 6.44. The molecule has 8 nitrogen and oxygen atoms in total. The van der Waals surface area contributed by atoms with Gasteiger partial charge in [-0.25, -0.2) is 0 Å². The zero-order chi connectivity index (χ0) is 29.1. The number of ether oxygens (including phenoxy) is 2. The Morgan fingerprint density at radius 3 is 2.50 bits per heavy atom. The van der Waals surface area contributed by atoms with Crippen LogP contribution in [0.3, 0.4) is 0 Å². The first-order chi connectivity index (χ1) is 20.6. The molecule has 0 bridgehead atoms. The van der Waals surface area contributed by atoms with Gasteiger partial charge in [-0.2, -0.15) is 0 Å². The second-order valence-corrected chi connectivity index (χ2v) is 10.0. The third-order valence-electron chi connectivity index (χ3n) is 7.51. The first kappa shape index (κ1) is 26.8. The fraction of sp³-hybridized carbons (Fsp3) is 0.147. The largest absolute Gasteiger partial charge is 0.497 e. The summed E-state index contributed by atoms with van der Waals surface area (Å²) in [5.74, 6) is 1.00. The number of fused-ring (bicyclic) bond motifs is 2. The van der Waals surface area contributed by atoms with Crippen LogP contribution in [0.15, 0.2) is 103 Å². The van der Waals surface area contributed by atoms with E-state index < -0.39 is 0 Å². The molecule has 0 saturated heterocycles. The van der Waals surface area contributed by atoms with E-state index in [1.165, 1.54) is 0 Å². The van der Waals surface area contributed by atoms with Crippen molar-refractivity contribution in [3.8, 4) is 22.6 Å². The molecule has 1 N–H and O–H groups in total. The second kappa shape index (κ2) is 11.6. The van der Waals surface area contributed by atoms with E-state index in [4.69, 9.17) is 9.47 Å². The maximum Gasteiger partial charge on any atom is 0.268 e. The molecular formula is C34H30N4O4. The smallest absolute Gasteiger partial charge is 0.268 e. The maximum atomic E-state index is 14.1. The van der Waals surface area contributed by atoms with Crippen LogP contribution >= 0.6 is 0 Å². The molecule has 2 aromatic heterocycles. The highest BCUT2D eigenvalue weighted by atomic mass is 16.5. The highest BCUT2D eigenvalue weighted by Gasteiger charge is 2.28. The number of pyridine rings is 1. The van der Waals surface area contributed by atoms with Gasteiger partial charge in [0.15, 0.2) is 0 Å². The molecule has 42 heavy (non-hydrogen) atoms. The third-order valence-corrected chi connectivity index (χ3v) is 7.51. The van der Waals surface area contributed by atoms with E-state index in [1.54, 1.807) is 37.6 Å². The van der Waals surface area contributed by atoms with Gasteiger partial charge in [-0.15, -0.1) is 0 Å². The Morgan fingerprint density at radius 2 is 1.69 bits per heavy atom. The van der Waals surface area contributed by atoms with Crippen molar-refractivity contribution in [1.82, 2.24) is 14.9 Å². The van der Waals surface area contributed by atoms with Crippen LogP contribution in [-0.4, -0.2) is 35.6 Å². The molecule has 0 spiro atoms. The predicted octanol–water partition coefficient (Wildman–Crippen LogP) is 5.71. The summed E-state index contributed by atoms with van der Waals surface area (Å²) >= 11 is 0. The Kier molecular flexibility index (Phi) is 7.43. The van der Waals surface area contributed by atoms with Crippen molar-refractivity contribution in [3.63, 3.8) is 0 Å². The Balaban J connectivity index is 1.31. The van der Waals surface area contributed by atoms with E-state index in [0.717, 1.165) is 39.4 Å². The lowest BCUT2D eigenvalue weighted by atomic mass is 10.0. The summed E-state index contributed by atoms with van der Waals surface area (Å²) in [5, 5.41) is 3.00. The van der Waals surface area contributed by atoms with Crippen molar-refractivity contribution in [2.24, 2.45) is 0 Å². The second-order valence-electron chi connectivity index (χ2n) is 10.0. The van der Waals surface area contributed by atoms with Crippen molar-refractivity contribution < 1.29 is 19.1 Å². The zero-order valence-electron chi connectivity index (χ0n) is 23.4. The van der Waals surface area contributed by atoms with Crippen molar-refractivity contribution >= 4 is 17.5 Å². The van der Waals surface area contributed by atoms with Gasteiger partial charge < -0.3 is 24.3 Å². The molecule has 2 amide bonds. The number of aromatic nitrogens is 2. The summed E-state index contributed by atoms with van der Waals surface area (Å²) in [7, 11) is 3.23. The standard InChI is InChI=1S/C34H30N4O4/c1-41-28-8-5-7-24(18-28)29-12-10-25(19-32(29)42-2)34(40)38-22-27-11-13-31(33(39)36-20-23-14-16-35-17-15-23)37(27)21-26-6-3-4-9-30(26)38/h3-19H,20-22H2,1-2H3,(H,36,39). The fourth-order valence-electron chi connectivity index (χ4n) is 5.32. The Labute approximate surface area is 244 Å². The quantitative estimate of drug-likeness (QED) is 0.277. The number of hydrogen-bond acceptors (Lipinski definition) is 5. The number of benzene rings is 3. The molecule has 1 aliphatic rings. The molecule has 0 aliphatic carbocycles. The molecule has 5 aromatic rings. The topological polar surface area (TPSA) is 85.7 Å². The summed E-state index contributed by atoms with van der Waals surface area (Å²) in [6, 6.07) is 28.5. The van der Waals surface area contributed by atoms with Gasteiger partial charge in [0.05, 0.1) is 27.3 Å². The molecule has 0 unspecified atom stereocenters. The number of nitrogens with one attached hydrogen (secondary N) is 1. The van der Waals surface area contributed by atoms with Gasteiger partial charge >= 0.3 is 0 Å². The molecule has 0 saturated carbocycles. The Hall–Kier alpha value is -5.37. The van der Waals surface area contributed by atoms with E-state index in [0.29, 0.717) is 36.6 Å². The average Bonchev–Trinajstić information content (AvgIpc) is 3.36. The summed E-state index contributed by atoms with van der Waals surface area (Å²) in [6.07, 6.45) is 3.41. The van der Waals surface area contributed by atoms with E-state index in [9.17, 15) is 9.59 Å². The van der Waals surface area contributed by atoms with E-state index >= 15 is 0 Å². The predicted molar refractivity (Wildman–Crippen MR) is 161 cm³/mol. The molecule has 3 aromatic carbocycles. The monoisotopic (exact) mass is 558 g/mol. The third kappa shape index (κ3) is 5.22. The van der Waals surface area contributed by atoms with Gasteiger partial charge in [-0.3, -0.25) is 14.6 Å². The number of nitrogens with zero attached hydrogens (tertiary/aromatic N) is 3. The highest BCUT2D eigenvalue weighted by molar-refractivity contribution is 6.07. The number of hydrogen-bond donors (Lipinski definition) is 1. The number of anilines is 1. The molecule has 0 fully saturated rings. The minimum atomic E-state index is -0.173. The summed E-state index contributed by atoms with van der Waals surface area (Å²) < 4.78 is 13.1. The van der Waals surface area contributed by atoms with Gasteiger partial charge in [0.1, 0.15) is 17.2 Å². The number of carbonyl (C=O) groups excluding carboxylic acids is 2. The number of methoxy groups -OCH3 is 2. The SMILES string of the molecule is COc1cccc(-c2ccc(C(=O)N3Cc4ccc(C(=O)NCc5ccncc5)n4Cc4ccccc43)cc2OC)c1. The van der Waals surface area contributed by atoms with Crippen molar-refractivity contribution in [3.05, 3.63) is 131 Å². The minimum absolute atomic E-state index is 0.156. The van der Waals surface area contributed by atoms with Gasteiger partial charge in [0, 0.05) is 41.4 Å². The first-order valence-electron chi connectivity index (χ1n) is 13.6. The Bertz CT molecular complexity index is 1760. The fourth-order valence-corrected chi connectivity index (χ4v) is 5.32. The van der Waals surface area contributed by atoms with Crippen LogP contribution in [0.5, 0.6) is 11.5 Å². The number of carbonyl (C=O) groups is 2. The van der Waals surface area contributed by atoms with Crippen LogP contribution in [0.4, 0.5) is 5.69 Å². The van der Waals surface area contributed by atoms with E-state index in [2.05, 4.69) is 10.3 Å². The summed E-state index contributed by atoms with van der Waals surface area (Å²) in [4.78, 5) is 33.1. The molecule has 210 valence electrons. The van der Waals surface area contributed by atoms with Crippen LogP contribution in [0.1, 0.15) is 37.7 Å². The molecule has 3 heterocycles. The van der Waals surface area contributed by atoms with Crippen molar-refractivity contribution in [1.29, 1.82) is 0 Å². The van der Waals surface area contributed by atoms with Gasteiger partial charge in [-0.1, -0.05) is 30.3 Å². The van der Waals surface area contributed by atoms with Crippen LogP contribution in [0.25, 0.3) is 11.1 Å². The number of para-hydroxylation sites is 1. The highest BCUT2D eigenvalue weighted by Crippen LogP contribution is 2.35. The van der Waals surface area contributed by atoms with E-state index in [-0.39, 0.29) is 11.8 Å². The van der Waals surface area contributed by atoms with Gasteiger partial charge in [0.25, 0.3) is 11.8 Å². The summed E-state index contributed by atoms with van der Waals surface area (Å²) in [6.45, 7) is 1.18. The minimum Gasteiger partial charge on any atom is -0.497 e. The van der Waals surface area contributed by atoms with Gasteiger partial charge in [0.2, 0.25) is 0 Å². The molecule has 1 aliphatic heterocycles. The molecule has 0 atom stereocenters. The molecule has 8 heteroatoms. The normalized spacial score (nSPS) is 12.1. The lowest BCUT2D eigenvalue weighted by molar-refractivity contribution is 0.0941. The molecular weight excluding hydrogens is 528 g/mol. The first-order valence-corrected chi connectivity index (χ1v) is 13.6. The number of rotatable bonds is 7. The van der Waals surface area contributed by atoms with Gasteiger partial charge in [-0.05, 0) is 77.4 Å².